The van der Waals surface area contributed by atoms with E-state index in [0.717, 1.165) is 0 Å². The molecule has 1 aliphatic heterocycles. The normalized spacial score (nSPS) is 17.8. The van der Waals surface area contributed by atoms with Crippen LogP contribution in [0.2, 0.25) is 0 Å². The second-order valence-corrected chi connectivity index (χ2v) is 10.3. The number of rotatable bonds is 8. The van der Waals surface area contributed by atoms with Gasteiger partial charge in [-0.05, 0) is 48.4 Å². The number of likely N-dealkylation sites (N-methyl/N-ethyl adjacent to an activating group) is 1. The molecule has 3 aromatic carbocycles. The zero-order valence-electron chi connectivity index (χ0n) is 22.8. The molecule has 4 rings (SSSR count). The molecule has 2 atom stereocenters. The van der Waals surface area contributed by atoms with Crippen LogP contribution in [0.3, 0.4) is 0 Å². The first kappa shape index (κ1) is 28.8. The minimum absolute atomic E-state index is 0.0587. The highest BCUT2D eigenvalue weighted by molar-refractivity contribution is 6.02. The van der Waals surface area contributed by atoms with Crippen LogP contribution in [0.15, 0.2) is 66.7 Å². The molecule has 0 aliphatic carbocycles. The number of hydrogen-bond donors (Lipinski definition) is 3. The summed E-state index contributed by atoms with van der Waals surface area (Å²) in [7, 11) is 3.20. The Morgan fingerprint density at radius 1 is 0.925 bits per heavy atom. The summed E-state index contributed by atoms with van der Waals surface area (Å²) in [5.41, 5.74) is 1.51. The van der Waals surface area contributed by atoms with Gasteiger partial charge in [0, 0.05) is 69.2 Å². The number of ketones is 2. The fourth-order valence-electron chi connectivity index (χ4n) is 5.56. The topological polar surface area (TPSA) is 110 Å². The number of carbonyl (C=O) groups is 3. The fraction of sp³-hybridized carbons (Fsp3) is 0.323. The summed E-state index contributed by atoms with van der Waals surface area (Å²) in [4.78, 5) is 43.7. The summed E-state index contributed by atoms with van der Waals surface area (Å²) in [6, 6.07) is 16.5. The van der Waals surface area contributed by atoms with Crippen LogP contribution in [0.1, 0.15) is 37.8 Å². The van der Waals surface area contributed by atoms with Gasteiger partial charge < -0.3 is 25.3 Å². The molecular weight excluding hydrogens is 513 g/mol. The molecule has 1 aliphatic rings. The number of amides is 2. The lowest BCUT2D eigenvalue weighted by atomic mass is 9.67. The number of piperidine rings is 1. The maximum atomic E-state index is 14.8. The standard InChI is InChI=1S/C31H34FN3O5/c1-19-24(11-6-12-27(19)32)28-25(29(38)20-7-4-9-22(36)15-20)17-35(14-13-34(3)31(40)33-2)18-26(28)30(39)21-8-5-10-23(37)16-21/h4-12,15-16,25-26,28,36-37H,13-14,17-18H2,1-3H3,(H,33,40)/t25-,26-/m0/s1. The van der Waals surface area contributed by atoms with Gasteiger partial charge in [-0.1, -0.05) is 36.4 Å². The monoisotopic (exact) mass is 547 g/mol. The van der Waals surface area contributed by atoms with E-state index in [2.05, 4.69) is 5.32 Å². The molecule has 0 unspecified atom stereocenters. The molecular formula is C31H34FN3O5. The Labute approximate surface area is 233 Å². The minimum atomic E-state index is -0.757. The first-order valence-electron chi connectivity index (χ1n) is 13.2. The van der Waals surface area contributed by atoms with E-state index in [-0.39, 0.29) is 53.3 Å². The van der Waals surface area contributed by atoms with Crippen LogP contribution in [-0.4, -0.2) is 77.9 Å². The number of Topliss-reactive ketones (excluding diaryl/α,β-unsaturated/α-hetero) is 2. The molecule has 1 fully saturated rings. The Balaban J connectivity index is 1.82. The Bertz CT molecular complexity index is 1340. The van der Waals surface area contributed by atoms with Crippen LogP contribution in [0.25, 0.3) is 0 Å². The van der Waals surface area contributed by atoms with Gasteiger partial charge in [-0.15, -0.1) is 0 Å². The average molecular weight is 548 g/mol. The molecule has 1 heterocycles. The maximum absolute atomic E-state index is 14.8. The molecule has 2 amide bonds. The number of phenols is 2. The van der Waals surface area contributed by atoms with Gasteiger partial charge in [-0.3, -0.25) is 9.59 Å². The van der Waals surface area contributed by atoms with Crippen LogP contribution in [0, 0.1) is 24.6 Å². The summed E-state index contributed by atoms with van der Waals surface area (Å²) >= 11 is 0. The first-order valence-corrected chi connectivity index (χ1v) is 13.2. The number of nitrogens with zero attached hydrogens (tertiary/aromatic N) is 2. The SMILES string of the molecule is CNC(=O)N(C)CCN1C[C@H](C(=O)c2cccc(O)c2)C(c2cccc(F)c2C)[C@@H](C(=O)c2cccc(O)c2)C1. The molecule has 0 bridgehead atoms. The lowest BCUT2D eigenvalue weighted by Crippen LogP contribution is -2.52. The molecule has 9 heteroatoms. The highest BCUT2D eigenvalue weighted by atomic mass is 19.1. The van der Waals surface area contributed by atoms with Crippen molar-refractivity contribution in [1.29, 1.82) is 0 Å². The number of urea groups is 1. The summed E-state index contributed by atoms with van der Waals surface area (Å²) in [6.07, 6.45) is 0. The second-order valence-electron chi connectivity index (χ2n) is 10.3. The van der Waals surface area contributed by atoms with Gasteiger partial charge in [0.15, 0.2) is 11.6 Å². The fourth-order valence-corrected chi connectivity index (χ4v) is 5.56. The number of benzene rings is 3. The number of halogens is 1. The van der Waals surface area contributed by atoms with Crippen LogP contribution in [0.5, 0.6) is 11.5 Å². The van der Waals surface area contributed by atoms with Gasteiger partial charge in [0.25, 0.3) is 0 Å². The van der Waals surface area contributed by atoms with E-state index in [1.165, 1.54) is 35.2 Å². The molecule has 3 aromatic rings. The Hall–Kier alpha value is -4.24. The smallest absolute Gasteiger partial charge is 0.316 e. The van der Waals surface area contributed by atoms with Crippen LogP contribution in [0.4, 0.5) is 9.18 Å². The number of phenolic OH excluding ortho intramolecular Hbond substituents is 2. The quantitative estimate of drug-likeness (QED) is 0.365. The lowest BCUT2D eigenvalue weighted by molar-refractivity contribution is 0.0558. The molecule has 0 spiro atoms. The summed E-state index contributed by atoms with van der Waals surface area (Å²) in [5.74, 6) is -3.29. The highest BCUT2D eigenvalue weighted by Gasteiger charge is 2.45. The van der Waals surface area contributed by atoms with Crippen molar-refractivity contribution in [3.8, 4) is 11.5 Å². The second kappa shape index (κ2) is 12.3. The Kier molecular flexibility index (Phi) is 8.84. The lowest BCUT2D eigenvalue weighted by Gasteiger charge is -2.44. The average Bonchev–Trinajstić information content (AvgIpc) is 2.95. The zero-order chi connectivity index (χ0) is 29.0. The molecule has 210 valence electrons. The van der Waals surface area contributed by atoms with E-state index < -0.39 is 23.6 Å². The molecule has 40 heavy (non-hydrogen) atoms. The summed E-state index contributed by atoms with van der Waals surface area (Å²) < 4.78 is 14.8. The van der Waals surface area contributed by atoms with Gasteiger partial charge in [-0.2, -0.15) is 0 Å². The predicted molar refractivity (Wildman–Crippen MR) is 149 cm³/mol. The number of carbonyl (C=O) groups excluding carboxylic acids is 3. The number of nitrogens with one attached hydrogen (secondary N) is 1. The third-order valence-electron chi connectivity index (χ3n) is 7.69. The van der Waals surface area contributed by atoms with Crippen molar-refractivity contribution in [3.05, 3.63) is 94.8 Å². The van der Waals surface area contributed by atoms with E-state index >= 15 is 0 Å². The molecule has 0 radical (unpaired) electrons. The van der Waals surface area contributed by atoms with Gasteiger partial charge in [0.05, 0.1) is 0 Å². The third kappa shape index (κ3) is 6.15. The number of likely N-dealkylation sites (tertiary alicyclic amines) is 1. The largest absolute Gasteiger partial charge is 0.508 e. The number of aromatic hydroxyl groups is 2. The summed E-state index contributed by atoms with van der Waals surface area (Å²) in [6.45, 7) is 2.91. The van der Waals surface area contributed by atoms with Crippen molar-refractivity contribution < 1.29 is 29.0 Å². The van der Waals surface area contributed by atoms with Crippen LogP contribution >= 0.6 is 0 Å². The van der Waals surface area contributed by atoms with Crippen molar-refractivity contribution >= 4 is 17.6 Å². The van der Waals surface area contributed by atoms with Gasteiger partial charge in [0.2, 0.25) is 0 Å². The van der Waals surface area contributed by atoms with Gasteiger partial charge in [0.1, 0.15) is 17.3 Å². The van der Waals surface area contributed by atoms with Crippen molar-refractivity contribution in [1.82, 2.24) is 15.1 Å². The van der Waals surface area contributed by atoms with E-state index in [1.807, 2.05) is 4.90 Å². The van der Waals surface area contributed by atoms with E-state index in [1.54, 1.807) is 57.4 Å². The van der Waals surface area contributed by atoms with Crippen molar-refractivity contribution in [2.45, 2.75) is 12.8 Å². The predicted octanol–water partition coefficient (Wildman–Crippen LogP) is 4.21. The Morgan fingerprint density at radius 3 is 1.95 bits per heavy atom. The Morgan fingerprint density at radius 2 is 1.45 bits per heavy atom. The van der Waals surface area contributed by atoms with Crippen molar-refractivity contribution in [2.24, 2.45) is 11.8 Å². The molecule has 0 saturated carbocycles. The molecule has 3 N–H and O–H groups in total. The molecule has 8 nitrogen and oxygen atoms in total. The van der Waals surface area contributed by atoms with E-state index in [0.29, 0.717) is 24.2 Å². The molecule has 1 saturated heterocycles. The minimum Gasteiger partial charge on any atom is -0.508 e. The van der Waals surface area contributed by atoms with Crippen molar-refractivity contribution in [2.75, 3.05) is 40.3 Å². The van der Waals surface area contributed by atoms with Gasteiger partial charge in [-0.25, -0.2) is 9.18 Å². The maximum Gasteiger partial charge on any atom is 0.316 e. The van der Waals surface area contributed by atoms with Crippen LogP contribution in [-0.2, 0) is 0 Å². The van der Waals surface area contributed by atoms with E-state index in [9.17, 15) is 29.0 Å². The first-order chi connectivity index (χ1) is 19.1. The van der Waals surface area contributed by atoms with E-state index in [4.69, 9.17) is 0 Å². The number of hydrogen-bond acceptors (Lipinski definition) is 6. The van der Waals surface area contributed by atoms with Gasteiger partial charge >= 0.3 is 6.03 Å². The van der Waals surface area contributed by atoms with Crippen LogP contribution < -0.4 is 5.32 Å². The van der Waals surface area contributed by atoms with Crippen molar-refractivity contribution in [3.63, 3.8) is 0 Å². The third-order valence-corrected chi connectivity index (χ3v) is 7.69. The summed E-state index contributed by atoms with van der Waals surface area (Å²) in [5, 5.41) is 22.7. The zero-order valence-corrected chi connectivity index (χ0v) is 22.8. The molecule has 0 aromatic heterocycles. The highest BCUT2D eigenvalue weighted by Crippen LogP contribution is 2.42.